The SMILES string of the molecule is Cc1ccc(OCC(O)Cn2cnc3scc(-c4ccc(C)c(C)c4)c3c2=O)cc1. The van der Waals surface area contributed by atoms with Crippen LogP contribution in [0.25, 0.3) is 21.3 Å². The molecule has 1 unspecified atom stereocenters. The average molecular weight is 421 g/mol. The van der Waals surface area contributed by atoms with Gasteiger partial charge in [-0.3, -0.25) is 9.36 Å². The number of aliphatic hydroxyl groups is 1. The molecule has 0 radical (unpaired) electrons. The van der Waals surface area contributed by atoms with Crippen LogP contribution in [0.5, 0.6) is 5.75 Å². The summed E-state index contributed by atoms with van der Waals surface area (Å²) in [4.78, 5) is 18.3. The van der Waals surface area contributed by atoms with Crippen molar-refractivity contribution in [1.29, 1.82) is 0 Å². The second-order valence-corrected chi connectivity index (χ2v) is 8.47. The van der Waals surface area contributed by atoms with Crippen LogP contribution in [0.3, 0.4) is 0 Å². The van der Waals surface area contributed by atoms with Gasteiger partial charge in [-0.2, -0.15) is 0 Å². The minimum Gasteiger partial charge on any atom is -0.491 e. The normalized spacial score (nSPS) is 12.3. The maximum Gasteiger partial charge on any atom is 0.262 e. The Morgan fingerprint density at radius 3 is 2.60 bits per heavy atom. The van der Waals surface area contributed by atoms with Crippen molar-refractivity contribution in [3.63, 3.8) is 0 Å². The maximum absolute atomic E-state index is 13.2. The van der Waals surface area contributed by atoms with Crippen LogP contribution < -0.4 is 10.3 Å². The van der Waals surface area contributed by atoms with Gasteiger partial charge in [-0.15, -0.1) is 11.3 Å². The van der Waals surface area contributed by atoms with Crippen LogP contribution in [0.1, 0.15) is 16.7 Å². The first-order chi connectivity index (χ1) is 14.4. The van der Waals surface area contributed by atoms with E-state index in [0.29, 0.717) is 16.0 Å². The van der Waals surface area contributed by atoms with Gasteiger partial charge in [0.2, 0.25) is 0 Å². The summed E-state index contributed by atoms with van der Waals surface area (Å²) < 4.78 is 7.10. The average Bonchev–Trinajstić information content (AvgIpc) is 3.17. The van der Waals surface area contributed by atoms with Crippen LogP contribution in [0, 0.1) is 20.8 Å². The highest BCUT2D eigenvalue weighted by Gasteiger charge is 2.16. The third kappa shape index (κ3) is 4.15. The molecule has 0 saturated carbocycles. The van der Waals surface area contributed by atoms with Crippen LogP contribution in [0.15, 0.2) is 59.0 Å². The Labute approximate surface area is 179 Å². The summed E-state index contributed by atoms with van der Waals surface area (Å²) in [7, 11) is 0. The van der Waals surface area contributed by atoms with Gasteiger partial charge in [0.1, 0.15) is 23.3 Å². The number of ether oxygens (including phenoxy) is 1. The minimum absolute atomic E-state index is 0.0984. The zero-order chi connectivity index (χ0) is 21.3. The van der Waals surface area contributed by atoms with E-state index in [0.717, 1.165) is 16.7 Å². The van der Waals surface area contributed by atoms with Crippen molar-refractivity contribution >= 4 is 21.6 Å². The molecule has 0 saturated heterocycles. The fourth-order valence-electron chi connectivity index (χ4n) is 3.33. The van der Waals surface area contributed by atoms with Crippen molar-refractivity contribution in [3.8, 4) is 16.9 Å². The second kappa shape index (κ2) is 8.42. The van der Waals surface area contributed by atoms with Crippen molar-refractivity contribution in [2.24, 2.45) is 0 Å². The molecule has 6 heteroatoms. The topological polar surface area (TPSA) is 64.3 Å². The van der Waals surface area contributed by atoms with Crippen LogP contribution in [-0.4, -0.2) is 27.4 Å². The molecule has 30 heavy (non-hydrogen) atoms. The summed E-state index contributed by atoms with van der Waals surface area (Å²) >= 11 is 1.46. The number of aromatic nitrogens is 2. The Bertz CT molecular complexity index is 1240. The minimum atomic E-state index is -0.827. The summed E-state index contributed by atoms with van der Waals surface area (Å²) in [5, 5.41) is 13.0. The van der Waals surface area contributed by atoms with Crippen molar-refractivity contribution in [2.75, 3.05) is 6.61 Å². The Morgan fingerprint density at radius 2 is 1.87 bits per heavy atom. The first-order valence-electron chi connectivity index (χ1n) is 9.84. The summed E-state index contributed by atoms with van der Waals surface area (Å²) in [6, 6.07) is 13.8. The first kappa shape index (κ1) is 20.3. The molecule has 0 aliphatic rings. The molecule has 0 aliphatic heterocycles. The number of rotatable bonds is 6. The lowest BCUT2D eigenvalue weighted by Crippen LogP contribution is -2.30. The molecule has 4 aromatic rings. The van der Waals surface area contributed by atoms with Crippen LogP contribution in [0.2, 0.25) is 0 Å². The molecule has 0 fully saturated rings. The number of thiophene rings is 1. The summed E-state index contributed by atoms with van der Waals surface area (Å²) in [6.07, 6.45) is 0.674. The van der Waals surface area contributed by atoms with E-state index in [1.54, 1.807) is 0 Å². The molecule has 4 rings (SSSR count). The number of nitrogens with zero attached hydrogens (tertiary/aromatic N) is 2. The lowest BCUT2D eigenvalue weighted by atomic mass is 10.0. The van der Waals surface area contributed by atoms with E-state index in [1.165, 1.54) is 33.4 Å². The van der Waals surface area contributed by atoms with E-state index in [9.17, 15) is 9.90 Å². The fraction of sp³-hybridized carbons (Fsp3) is 0.250. The lowest BCUT2D eigenvalue weighted by Gasteiger charge is -2.14. The fourth-order valence-corrected chi connectivity index (χ4v) is 4.23. The summed E-state index contributed by atoms with van der Waals surface area (Å²) in [5.41, 5.74) is 5.28. The highest BCUT2D eigenvalue weighted by Crippen LogP contribution is 2.31. The molecule has 154 valence electrons. The van der Waals surface area contributed by atoms with Gasteiger partial charge in [0, 0.05) is 10.9 Å². The standard InChI is InChI=1S/C24H24N2O3S/c1-15-4-8-20(9-5-15)29-12-19(27)11-26-14-25-23-22(24(26)28)21(13-30-23)18-7-6-16(2)17(3)10-18/h4-10,13-14,19,27H,11-12H2,1-3H3. The van der Waals surface area contributed by atoms with Gasteiger partial charge in [0.05, 0.1) is 18.3 Å². The van der Waals surface area contributed by atoms with Crippen molar-refractivity contribution in [1.82, 2.24) is 9.55 Å². The van der Waals surface area contributed by atoms with E-state index in [1.807, 2.05) is 42.6 Å². The number of hydrogen-bond donors (Lipinski definition) is 1. The molecular weight excluding hydrogens is 396 g/mol. The van der Waals surface area contributed by atoms with Gasteiger partial charge >= 0.3 is 0 Å². The summed E-state index contributed by atoms with van der Waals surface area (Å²) in [6.45, 7) is 6.36. The largest absolute Gasteiger partial charge is 0.491 e. The number of benzene rings is 2. The molecule has 0 amide bonds. The van der Waals surface area contributed by atoms with Crippen molar-refractivity contribution < 1.29 is 9.84 Å². The van der Waals surface area contributed by atoms with E-state index in [4.69, 9.17) is 4.74 Å². The quantitative estimate of drug-likeness (QED) is 0.499. The molecule has 0 spiro atoms. The van der Waals surface area contributed by atoms with Gasteiger partial charge in [-0.05, 0) is 49.6 Å². The molecule has 1 atom stereocenters. The lowest BCUT2D eigenvalue weighted by molar-refractivity contribution is 0.0915. The highest BCUT2D eigenvalue weighted by molar-refractivity contribution is 7.17. The van der Waals surface area contributed by atoms with Gasteiger partial charge in [0.25, 0.3) is 5.56 Å². The Kier molecular flexibility index (Phi) is 5.70. The van der Waals surface area contributed by atoms with Crippen molar-refractivity contribution in [2.45, 2.75) is 33.4 Å². The molecule has 2 aromatic heterocycles. The first-order valence-corrected chi connectivity index (χ1v) is 10.7. The molecule has 2 aromatic carbocycles. The molecule has 0 bridgehead atoms. The second-order valence-electron chi connectivity index (χ2n) is 7.61. The third-order valence-corrected chi connectivity index (χ3v) is 6.14. The molecule has 2 heterocycles. The smallest absolute Gasteiger partial charge is 0.262 e. The molecule has 5 nitrogen and oxygen atoms in total. The van der Waals surface area contributed by atoms with Gasteiger partial charge in [-0.25, -0.2) is 4.98 Å². The Morgan fingerprint density at radius 1 is 1.10 bits per heavy atom. The van der Waals surface area contributed by atoms with Crippen LogP contribution >= 0.6 is 11.3 Å². The van der Waals surface area contributed by atoms with E-state index in [-0.39, 0.29) is 18.7 Å². The highest BCUT2D eigenvalue weighted by atomic mass is 32.1. The monoisotopic (exact) mass is 420 g/mol. The number of aliphatic hydroxyl groups excluding tert-OH is 1. The maximum atomic E-state index is 13.2. The number of aryl methyl sites for hydroxylation is 3. The zero-order valence-corrected chi connectivity index (χ0v) is 18.1. The van der Waals surface area contributed by atoms with Crippen LogP contribution in [-0.2, 0) is 6.54 Å². The summed E-state index contributed by atoms with van der Waals surface area (Å²) in [5.74, 6) is 0.690. The van der Waals surface area contributed by atoms with E-state index < -0.39 is 6.10 Å². The Hall–Kier alpha value is -2.96. The Balaban J connectivity index is 1.57. The third-order valence-electron chi connectivity index (χ3n) is 5.25. The molecule has 1 N–H and O–H groups in total. The van der Waals surface area contributed by atoms with Gasteiger partial charge < -0.3 is 9.84 Å². The predicted octanol–water partition coefficient (Wildman–Crippen LogP) is 4.49. The molecule has 0 aliphatic carbocycles. The predicted molar refractivity (Wildman–Crippen MR) is 121 cm³/mol. The number of hydrogen-bond acceptors (Lipinski definition) is 5. The number of fused-ring (bicyclic) bond motifs is 1. The van der Waals surface area contributed by atoms with Gasteiger partial charge in [-0.1, -0.05) is 35.9 Å². The van der Waals surface area contributed by atoms with Crippen LogP contribution in [0.4, 0.5) is 0 Å². The van der Waals surface area contributed by atoms with E-state index in [2.05, 4.69) is 31.0 Å². The van der Waals surface area contributed by atoms with Gasteiger partial charge in [0.15, 0.2) is 0 Å². The zero-order valence-electron chi connectivity index (χ0n) is 17.3. The van der Waals surface area contributed by atoms with Crippen molar-refractivity contribution in [3.05, 3.63) is 81.2 Å². The molecular formula is C24H24N2O3S. The van der Waals surface area contributed by atoms with E-state index >= 15 is 0 Å².